The Hall–Kier alpha value is -1.79. The van der Waals surface area contributed by atoms with Crippen LogP contribution >= 0.6 is 11.8 Å². The molecule has 2 aromatic carbocycles. The summed E-state index contributed by atoms with van der Waals surface area (Å²) in [4.78, 5) is 1.71. The van der Waals surface area contributed by atoms with E-state index in [9.17, 15) is 4.39 Å². The van der Waals surface area contributed by atoms with Gasteiger partial charge in [-0.25, -0.2) is 4.39 Å². The quantitative estimate of drug-likeness (QED) is 0.792. The predicted molar refractivity (Wildman–Crippen MR) is 71.2 cm³/mol. The average molecular weight is 257 g/mol. The summed E-state index contributed by atoms with van der Waals surface area (Å²) in [5, 5.41) is 9.00. The molecule has 0 unspecified atom stereocenters. The highest BCUT2D eigenvalue weighted by atomic mass is 32.2. The fourth-order valence-electron chi connectivity index (χ4n) is 1.63. The normalized spacial score (nSPS) is 10.1. The monoisotopic (exact) mass is 257 g/mol. The third-order valence-electron chi connectivity index (χ3n) is 2.65. The first-order chi connectivity index (χ1) is 8.61. The van der Waals surface area contributed by atoms with E-state index in [2.05, 4.69) is 0 Å². The molecule has 0 N–H and O–H groups in total. The van der Waals surface area contributed by atoms with E-state index in [0.717, 1.165) is 16.0 Å². The zero-order valence-corrected chi connectivity index (χ0v) is 11.0. The summed E-state index contributed by atoms with van der Waals surface area (Å²) in [6, 6.07) is 12.8. The Morgan fingerprint density at radius 2 is 1.89 bits per heavy atom. The van der Waals surface area contributed by atoms with E-state index in [0.29, 0.717) is 4.90 Å². The lowest BCUT2D eigenvalue weighted by molar-refractivity contribution is 0.620. The number of aryl methyl sites for hydroxylation is 2. The van der Waals surface area contributed by atoms with Crippen molar-refractivity contribution in [1.82, 2.24) is 0 Å². The van der Waals surface area contributed by atoms with E-state index in [1.54, 1.807) is 12.1 Å². The van der Waals surface area contributed by atoms with Crippen molar-refractivity contribution >= 4 is 11.8 Å². The molecule has 0 fully saturated rings. The van der Waals surface area contributed by atoms with Crippen molar-refractivity contribution in [2.75, 3.05) is 0 Å². The predicted octanol–water partition coefficient (Wildman–Crippen LogP) is 4.47. The van der Waals surface area contributed by atoms with Crippen LogP contribution in [0.15, 0.2) is 46.2 Å². The van der Waals surface area contributed by atoms with Gasteiger partial charge in [-0.15, -0.1) is 0 Å². The van der Waals surface area contributed by atoms with E-state index in [1.165, 1.54) is 17.8 Å². The van der Waals surface area contributed by atoms with Gasteiger partial charge in [-0.2, -0.15) is 5.26 Å². The molecule has 0 spiro atoms. The van der Waals surface area contributed by atoms with Gasteiger partial charge in [0, 0.05) is 9.79 Å². The van der Waals surface area contributed by atoms with Gasteiger partial charge < -0.3 is 0 Å². The van der Waals surface area contributed by atoms with Gasteiger partial charge >= 0.3 is 0 Å². The molecule has 18 heavy (non-hydrogen) atoms. The Morgan fingerprint density at radius 3 is 2.61 bits per heavy atom. The summed E-state index contributed by atoms with van der Waals surface area (Å²) in [7, 11) is 0. The standard InChI is InChI=1S/C15H12FNS/c1-10-6-7-11(2)15(8-10)18-14-5-3-4-13(16)12(14)9-17/h3-8H,1-2H3. The maximum absolute atomic E-state index is 13.5. The Bertz CT molecular complexity index is 629. The molecule has 2 rings (SSSR count). The highest BCUT2D eigenvalue weighted by molar-refractivity contribution is 7.99. The minimum atomic E-state index is -0.465. The van der Waals surface area contributed by atoms with E-state index >= 15 is 0 Å². The highest BCUT2D eigenvalue weighted by Crippen LogP contribution is 2.33. The molecule has 90 valence electrons. The number of nitrogens with zero attached hydrogens (tertiary/aromatic N) is 1. The second-order valence-electron chi connectivity index (χ2n) is 4.10. The van der Waals surface area contributed by atoms with E-state index in [-0.39, 0.29) is 5.56 Å². The summed E-state index contributed by atoms with van der Waals surface area (Å²) >= 11 is 1.43. The Balaban J connectivity index is 2.44. The SMILES string of the molecule is Cc1ccc(C)c(Sc2cccc(F)c2C#N)c1. The molecule has 0 saturated carbocycles. The molecule has 0 aromatic heterocycles. The first-order valence-electron chi connectivity index (χ1n) is 5.55. The maximum Gasteiger partial charge on any atom is 0.142 e. The highest BCUT2D eigenvalue weighted by Gasteiger charge is 2.10. The van der Waals surface area contributed by atoms with Gasteiger partial charge in [0.05, 0.1) is 0 Å². The second-order valence-corrected chi connectivity index (χ2v) is 5.18. The second kappa shape index (κ2) is 5.24. The Kier molecular flexibility index (Phi) is 3.69. The lowest BCUT2D eigenvalue weighted by atomic mass is 10.2. The van der Waals surface area contributed by atoms with Crippen molar-refractivity contribution in [3.8, 4) is 6.07 Å². The minimum Gasteiger partial charge on any atom is -0.206 e. The first-order valence-corrected chi connectivity index (χ1v) is 6.37. The number of halogens is 1. The zero-order valence-electron chi connectivity index (χ0n) is 10.2. The molecule has 2 aromatic rings. The molecular weight excluding hydrogens is 245 g/mol. The van der Waals surface area contributed by atoms with Crippen LogP contribution < -0.4 is 0 Å². The summed E-state index contributed by atoms with van der Waals surface area (Å²) in [6.07, 6.45) is 0. The number of benzene rings is 2. The molecule has 0 atom stereocenters. The molecule has 0 aliphatic rings. The van der Waals surface area contributed by atoms with Gasteiger partial charge in [0.1, 0.15) is 17.4 Å². The van der Waals surface area contributed by atoms with Crippen LogP contribution in [0.2, 0.25) is 0 Å². The van der Waals surface area contributed by atoms with Crippen LogP contribution in [-0.2, 0) is 0 Å². The van der Waals surface area contributed by atoms with Crippen molar-refractivity contribution in [2.24, 2.45) is 0 Å². The smallest absolute Gasteiger partial charge is 0.142 e. The number of hydrogen-bond acceptors (Lipinski definition) is 2. The fraction of sp³-hybridized carbons (Fsp3) is 0.133. The maximum atomic E-state index is 13.5. The van der Waals surface area contributed by atoms with Crippen molar-refractivity contribution in [2.45, 2.75) is 23.6 Å². The molecule has 0 heterocycles. The number of nitriles is 1. The van der Waals surface area contributed by atoms with Gasteiger partial charge in [-0.3, -0.25) is 0 Å². The molecule has 0 amide bonds. The average Bonchev–Trinajstić information content (AvgIpc) is 2.34. The van der Waals surface area contributed by atoms with Gasteiger partial charge in [0.2, 0.25) is 0 Å². The van der Waals surface area contributed by atoms with Crippen LogP contribution in [0, 0.1) is 31.0 Å². The van der Waals surface area contributed by atoms with E-state index in [1.807, 2.05) is 38.1 Å². The minimum absolute atomic E-state index is 0.114. The third kappa shape index (κ3) is 2.55. The summed E-state index contributed by atoms with van der Waals surface area (Å²) in [5.74, 6) is -0.465. The van der Waals surface area contributed by atoms with Crippen LogP contribution in [-0.4, -0.2) is 0 Å². The molecular formula is C15H12FNS. The summed E-state index contributed by atoms with van der Waals surface area (Å²) in [6.45, 7) is 4.02. The first kappa shape index (κ1) is 12.7. The molecule has 3 heteroatoms. The molecule has 0 saturated heterocycles. The van der Waals surface area contributed by atoms with Crippen molar-refractivity contribution in [3.63, 3.8) is 0 Å². The van der Waals surface area contributed by atoms with Gasteiger partial charge in [-0.05, 0) is 43.2 Å². The zero-order chi connectivity index (χ0) is 13.1. The molecule has 0 aliphatic carbocycles. The number of rotatable bonds is 2. The third-order valence-corrected chi connectivity index (χ3v) is 3.87. The molecule has 0 aliphatic heterocycles. The Morgan fingerprint density at radius 1 is 1.11 bits per heavy atom. The van der Waals surface area contributed by atoms with Crippen molar-refractivity contribution in [3.05, 3.63) is 58.9 Å². The fourth-order valence-corrected chi connectivity index (χ4v) is 2.74. The van der Waals surface area contributed by atoms with E-state index in [4.69, 9.17) is 5.26 Å². The van der Waals surface area contributed by atoms with Crippen LogP contribution in [0.4, 0.5) is 4.39 Å². The van der Waals surface area contributed by atoms with Gasteiger partial charge in [0.15, 0.2) is 0 Å². The van der Waals surface area contributed by atoms with Gasteiger partial charge in [0.25, 0.3) is 0 Å². The van der Waals surface area contributed by atoms with Crippen molar-refractivity contribution < 1.29 is 4.39 Å². The van der Waals surface area contributed by atoms with Crippen LogP contribution in [0.3, 0.4) is 0 Å². The van der Waals surface area contributed by atoms with Crippen LogP contribution in [0.5, 0.6) is 0 Å². The van der Waals surface area contributed by atoms with Crippen LogP contribution in [0.1, 0.15) is 16.7 Å². The van der Waals surface area contributed by atoms with Crippen LogP contribution in [0.25, 0.3) is 0 Å². The van der Waals surface area contributed by atoms with Crippen molar-refractivity contribution in [1.29, 1.82) is 5.26 Å². The number of hydrogen-bond donors (Lipinski definition) is 0. The molecule has 1 nitrogen and oxygen atoms in total. The van der Waals surface area contributed by atoms with E-state index < -0.39 is 5.82 Å². The Labute approximate surface area is 110 Å². The van der Waals surface area contributed by atoms with Gasteiger partial charge in [-0.1, -0.05) is 30.0 Å². The lowest BCUT2D eigenvalue weighted by Crippen LogP contribution is -1.88. The summed E-state index contributed by atoms with van der Waals surface area (Å²) in [5.41, 5.74) is 2.39. The topological polar surface area (TPSA) is 23.8 Å². The molecule has 0 bridgehead atoms. The molecule has 0 radical (unpaired) electrons. The lowest BCUT2D eigenvalue weighted by Gasteiger charge is -2.08. The summed E-state index contributed by atoms with van der Waals surface area (Å²) < 4.78 is 13.5. The largest absolute Gasteiger partial charge is 0.206 e.